The third-order valence-corrected chi connectivity index (χ3v) is 16.6. The smallest absolute Gasteiger partial charge is 0.462 e. The fourth-order valence-corrected chi connectivity index (χ4v) is 10.6. The average molecular weight is 1350 g/mol. The quantitative estimate of drug-likeness (QED) is 0.0211. The summed E-state index contributed by atoms with van der Waals surface area (Å²) in [4.78, 5) is 36.0. The molecule has 10 heteroatoms. The van der Waals surface area contributed by atoms with Crippen LogP contribution in [0.1, 0.15) is 284 Å². The van der Waals surface area contributed by atoms with Crippen LogP contribution in [0, 0.1) is 0 Å². The molecule has 2 unspecified atom stereocenters. The van der Waals surface area contributed by atoms with E-state index in [1.165, 1.54) is 89.9 Å². The van der Waals surface area contributed by atoms with Crippen molar-refractivity contribution in [3.05, 3.63) is 194 Å². The second kappa shape index (κ2) is 74.1. The lowest BCUT2D eigenvalue weighted by Crippen LogP contribution is -2.37. The summed E-state index contributed by atoms with van der Waals surface area (Å²) in [6.07, 6.45) is 115. The monoisotopic (exact) mass is 1350 g/mol. The van der Waals surface area contributed by atoms with Crippen LogP contribution in [-0.4, -0.2) is 74.9 Å². The number of phosphoric ester groups is 1. The normalized spacial score (nSPS) is 14.2. The molecule has 2 atom stereocenters. The first-order valence-electron chi connectivity index (χ1n) is 38.2. The first kappa shape index (κ1) is 90.8. The summed E-state index contributed by atoms with van der Waals surface area (Å²) in [6.45, 7) is 4.19. The number of nitrogens with zero attached hydrogens (tertiary/aromatic N) is 1. The number of likely N-dealkylation sites (N-methyl/N-ethyl adjacent to an activating group) is 1. The minimum Gasteiger partial charge on any atom is -0.462 e. The van der Waals surface area contributed by atoms with Crippen molar-refractivity contribution in [3.8, 4) is 0 Å². The van der Waals surface area contributed by atoms with E-state index in [-0.39, 0.29) is 32.0 Å². The second-order valence-corrected chi connectivity index (χ2v) is 27.4. The number of quaternary nitrogens is 1. The van der Waals surface area contributed by atoms with Crippen molar-refractivity contribution in [3.63, 3.8) is 0 Å². The highest BCUT2D eigenvalue weighted by Gasteiger charge is 2.27. The summed E-state index contributed by atoms with van der Waals surface area (Å²) < 4.78 is 34.8. The number of carbonyl (C=O) groups is 2. The Morgan fingerprint density at radius 1 is 0.323 bits per heavy atom. The van der Waals surface area contributed by atoms with Gasteiger partial charge in [0.05, 0.1) is 27.7 Å². The van der Waals surface area contributed by atoms with Gasteiger partial charge < -0.3 is 18.9 Å². The van der Waals surface area contributed by atoms with Crippen LogP contribution in [0.3, 0.4) is 0 Å². The van der Waals surface area contributed by atoms with Crippen molar-refractivity contribution < 1.29 is 42.1 Å². The fourth-order valence-electron chi connectivity index (χ4n) is 9.87. The maximum Gasteiger partial charge on any atom is 0.472 e. The zero-order valence-electron chi connectivity index (χ0n) is 61.8. The van der Waals surface area contributed by atoms with E-state index < -0.39 is 26.5 Å². The number of unbranched alkanes of at least 4 members (excludes halogenated alkanes) is 22. The summed E-state index contributed by atoms with van der Waals surface area (Å²) in [7, 11) is 1.45. The summed E-state index contributed by atoms with van der Waals surface area (Å²) >= 11 is 0. The summed E-state index contributed by atoms with van der Waals surface area (Å²) in [6, 6.07) is 0. The molecule has 0 radical (unpaired) electrons. The maximum atomic E-state index is 12.9. The number of ether oxygens (including phenoxy) is 2. The van der Waals surface area contributed by atoms with Gasteiger partial charge in [-0.25, -0.2) is 4.57 Å². The number of hydrogen-bond acceptors (Lipinski definition) is 7. The Labute approximate surface area is 590 Å². The van der Waals surface area contributed by atoms with Crippen molar-refractivity contribution in [1.29, 1.82) is 0 Å². The molecule has 96 heavy (non-hydrogen) atoms. The van der Waals surface area contributed by atoms with Crippen LogP contribution < -0.4 is 0 Å². The molecule has 0 aromatic carbocycles. The molecule has 542 valence electrons. The Hall–Kier alpha value is -5.15. The molecular weight excluding hydrogens is 1210 g/mol. The lowest BCUT2D eigenvalue weighted by atomic mass is 10.0. The van der Waals surface area contributed by atoms with Crippen LogP contribution in [-0.2, 0) is 32.7 Å². The second-order valence-electron chi connectivity index (χ2n) is 25.9. The molecule has 0 saturated heterocycles. The number of phosphoric acid groups is 1. The van der Waals surface area contributed by atoms with Gasteiger partial charge in [0.25, 0.3) is 0 Å². The lowest BCUT2D eigenvalue weighted by Gasteiger charge is -2.24. The van der Waals surface area contributed by atoms with Gasteiger partial charge in [0.2, 0.25) is 0 Å². The Morgan fingerprint density at radius 2 is 0.562 bits per heavy atom. The van der Waals surface area contributed by atoms with Crippen LogP contribution in [0.5, 0.6) is 0 Å². The predicted octanol–water partition coefficient (Wildman–Crippen LogP) is 25.6. The zero-order valence-corrected chi connectivity index (χ0v) is 62.7. The number of rotatable bonds is 68. The fraction of sp³-hybridized carbons (Fsp3) is 0.605. The topological polar surface area (TPSA) is 108 Å². The molecule has 0 bridgehead atoms. The summed E-state index contributed by atoms with van der Waals surface area (Å²) in [5, 5.41) is 0. The van der Waals surface area contributed by atoms with E-state index in [1.807, 2.05) is 21.1 Å². The Bertz CT molecular complexity index is 2330. The van der Waals surface area contributed by atoms with Crippen LogP contribution in [0.4, 0.5) is 0 Å². The van der Waals surface area contributed by atoms with Crippen molar-refractivity contribution in [1.82, 2.24) is 0 Å². The molecule has 0 aromatic rings. The maximum absolute atomic E-state index is 12.9. The van der Waals surface area contributed by atoms with Gasteiger partial charge in [0.15, 0.2) is 6.10 Å². The first-order valence-corrected chi connectivity index (χ1v) is 39.7. The molecular formula is C86H141NO8P+. The van der Waals surface area contributed by atoms with Gasteiger partial charge in [0.1, 0.15) is 19.8 Å². The largest absolute Gasteiger partial charge is 0.472 e. The van der Waals surface area contributed by atoms with Gasteiger partial charge in [-0.1, -0.05) is 324 Å². The number of esters is 2. The minimum atomic E-state index is -4.41. The molecule has 0 aromatic heterocycles. The van der Waals surface area contributed by atoms with Gasteiger partial charge in [-0.05, 0) is 141 Å². The van der Waals surface area contributed by atoms with Gasteiger partial charge in [-0.3, -0.25) is 18.6 Å². The molecule has 0 aliphatic rings. The minimum absolute atomic E-state index is 0.0216. The number of carbonyl (C=O) groups excluding carboxylic acids is 2. The molecule has 1 N–H and O–H groups in total. The van der Waals surface area contributed by atoms with Crippen LogP contribution >= 0.6 is 7.82 Å². The Kier molecular flexibility index (Phi) is 70.1. The molecule has 0 rings (SSSR count). The number of allylic oxidation sites excluding steroid dienone is 32. The van der Waals surface area contributed by atoms with Crippen molar-refractivity contribution in [2.45, 2.75) is 290 Å². The van der Waals surface area contributed by atoms with Gasteiger partial charge >= 0.3 is 19.8 Å². The Balaban J connectivity index is 4.09. The summed E-state index contributed by atoms with van der Waals surface area (Å²) in [5.74, 6) is -0.812. The number of hydrogen-bond donors (Lipinski definition) is 1. The highest BCUT2D eigenvalue weighted by atomic mass is 31.2. The van der Waals surface area contributed by atoms with E-state index in [0.717, 1.165) is 161 Å². The van der Waals surface area contributed by atoms with Crippen molar-refractivity contribution >= 4 is 19.8 Å². The molecule has 0 spiro atoms. The van der Waals surface area contributed by atoms with Crippen LogP contribution in [0.15, 0.2) is 194 Å². The standard InChI is InChI=1S/C86H140NO8P/c1-6-8-10-12-14-16-18-20-22-24-26-28-30-32-34-36-38-40-41-42-43-44-45-47-49-51-53-55-57-59-61-63-65-67-69-71-73-75-77-79-86(89)95-84(83-94-96(90,91)93-81-80-87(3,4)5)82-92-85(88)78-76-74-72-70-68-66-64-62-60-58-56-54-52-50-48-46-39-37-35-33-31-29-27-25-23-21-19-17-15-13-11-9-7-2/h8-11,14-17,20-23,26-29,32-35,38-40,42-43,45-47,50-53,84H,6-7,12-13,18-19,24-25,30-31,36-37,41,44,48-49,54-83H2,1-5H3/p+1/b10-8-,11-9-,16-14-,17-15-,22-20-,23-21-,28-26-,29-27-,34-32-,35-33-,40-38-,43-42-,46-39-,47-45-,52-50-,53-51-. The summed E-state index contributed by atoms with van der Waals surface area (Å²) in [5.41, 5.74) is 0. The molecule has 9 nitrogen and oxygen atoms in total. The third kappa shape index (κ3) is 77.9. The Morgan fingerprint density at radius 3 is 0.833 bits per heavy atom. The third-order valence-electron chi connectivity index (χ3n) is 15.6. The molecule has 0 heterocycles. The predicted molar refractivity (Wildman–Crippen MR) is 417 cm³/mol. The molecule has 0 amide bonds. The highest BCUT2D eigenvalue weighted by Crippen LogP contribution is 2.43. The molecule has 0 saturated carbocycles. The lowest BCUT2D eigenvalue weighted by molar-refractivity contribution is -0.870. The van der Waals surface area contributed by atoms with Crippen molar-refractivity contribution in [2.24, 2.45) is 0 Å². The van der Waals surface area contributed by atoms with Crippen LogP contribution in [0.2, 0.25) is 0 Å². The van der Waals surface area contributed by atoms with Crippen molar-refractivity contribution in [2.75, 3.05) is 47.5 Å². The average Bonchev–Trinajstić information content (AvgIpc) is 1.98. The van der Waals surface area contributed by atoms with E-state index >= 15 is 0 Å². The van der Waals surface area contributed by atoms with Crippen LogP contribution in [0.25, 0.3) is 0 Å². The molecule has 0 aliphatic heterocycles. The first-order chi connectivity index (χ1) is 47.0. The van der Waals surface area contributed by atoms with E-state index in [4.69, 9.17) is 18.5 Å². The van der Waals surface area contributed by atoms with Gasteiger partial charge in [-0.2, -0.15) is 0 Å². The van der Waals surface area contributed by atoms with E-state index in [0.29, 0.717) is 17.4 Å². The van der Waals surface area contributed by atoms with E-state index in [2.05, 4.69) is 208 Å². The highest BCUT2D eigenvalue weighted by molar-refractivity contribution is 7.47. The molecule has 0 fully saturated rings. The zero-order chi connectivity index (χ0) is 69.7. The van der Waals surface area contributed by atoms with Gasteiger partial charge in [-0.15, -0.1) is 0 Å². The molecule has 0 aliphatic carbocycles. The van der Waals surface area contributed by atoms with E-state index in [9.17, 15) is 19.0 Å². The SMILES string of the molecule is CC/C=C\C/C=C\C/C=C\C/C=C\C/C=C\C/C=C\C/C=C\C/C=C\C/C=C\CCCCCCCCCCCCCC(=O)OC(COC(=O)CCCCCCCCCCCCC/C=C\C/C=C\C/C=C\C/C=C\C/C=C\C/C=C\C/C=C\CC)COP(=O)(O)OCC[N+](C)(C)C. The van der Waals surface area contributed by atoms with E-state index in [1.54, 1.807) is 0 Å². The van der Waals surface area contributed by atoms with Gasteiger partial charge in [0, 0.05) is 12.8 Å².